The molecule has 0 heterocycles. The molecule has 1 rings (SSSR count). The van der Waals surface area contributed by atoms with Gasteiger partial charge in [-0.1, -0.05) is 58.6 Å². The molecule has 0 radical (unpaired) electrons. The van der Waals surface area contributed by atoms with E-state index in [1.54, 1.807) is 6.08 Å². The maximum Gasteiger partial charge on any atom is 0.315 e. The Bertz CT molecular complexity index is 504. The average Bonchev–Trinajstić information content (AvgIpc) is 2.55. The van der Waals surface area contributed by atoms with Gasteiger partial charge in [0.2, 0.25) is 0 Å². The van der Waals surface area contributed by atoms with Crippen LogP contribution in [0.2, 0.25) is 0 Å². The lowest BCUT2D eigenvalue weighted by molar-refractivity contribution is -0.158. The van der Waals surface area contributed by atoms with Gasteiger partial charge in [-0.25, -0.2) is 0 Å². The van der Waals surface area contributed by atoms with Gasteiger partial charge in [0.1, 0.15) is 5.41 Å². The van der Waals surface area contributed by atoms with Gasteiger partial charge in [0.25, 0.3) is 0 Å². The molecule has 0 saturated heterocycles. The fourth-order valence-corrected chi connectivity index (χ4v) is 3.71. The molecule has 0 aromatic rings. The normalized spacial score (nSPS) is 23.5. The number of carboxylic acid groups (broad SMARTS) is 2. The molecule has 4 heteroatoms. The van der Waals surface area contributed by atoms with Crippen molar-refractivity contribution in [3.8, 4) is 0 Å². The third kappa shape index (κ3) is 4.28. The Kier molecular flexibility index (Phi) is 8.23. The number of hydrogen-bond acceptors (Lipinski definition) is 2. The van der Waals surface area contributed by atoms with Crippen LogP contribution >= 0.6 is 0 Å². The van der Waals surface area contributed by atoms with Gasteiger partial charge in [-0.15, -0.1) is 0 Å². The molecule has 0 aromatic heterocycles. The monoisotopic (exact) mass is 336 g/mol. The minimum atomic E-state index is -1.28. The molecule has 24 heavy (non-hydrogen) atoms. The van der Waals surface area contributed by atoms with Crippen molar-refractivity contribution in [2.45, 2.75) is 78.6 Å². The van der Waals surface area contributed by atoms with Crippen LogP contribution in [0.15, 0.2) is 23.3 Å². The summed E-state index contributed by atoms with van der Waals surface area (Å²) in [4.78, 5) is 24.2. The van der Waals surface area contributed by atoms with E-state index in [0.717, 1.165) is 56.1 Å². The van der Waals surface area contributed by atoms with Crippen LogP contribution in [0.3, 0.4) is 0 Å². The van der Waals surface area contributed by atoms with E-state index >= 15 is 0 Å². The van der Waals surface area contributed by atoms with Crippen LogP contribution in [0.4, 0.5) is 0 Å². The van der Waals surface area contributed by atoms with E-state index in [0.29, 0.717) is 12.8 Å². The molecule has 1 aliphatic rings. The molecule has 0 bridgehead atoms. The summed E-state index contributed by atoms with van der Waals surface area (Å²) in [6.45, 7) is 6.20. The second kappa shape index (κ2) is 9.65. The van der Waals surface area contributed by atoms with Crippen LogP contribution in [-0.4, -0.2) is 22.2 Å². The van der Waals surface area contributed by atoms with Crippen LogP contribution in [0.1, 0.15) is 78.6 Å². The van der Waals surface area contributed by atoms with Crippen molar-refractivity contribution in [3.63, 3.8) is 0 Å². The molecule has 0 amide bonds. The Morgan fingerprint density at radius 2 is 1.58 bits per heavy atom. The van der Waals surface area contributed by atoms with E-state index in [1.165, 1.54) is 0 Å². The van der Waals surface area contributed by atoms with E-state index in [-0.39, 0.29) is 0 Å². The van der Waals surface area contributed by atoms with Crippen molar-refractivity contribution in [2.24, 2.45) is 11.3 Å². The van der Waals surface area contributed by atoms with Crippen LogP contribution in [0, 0.1) is 11.3 Å². The topological polar surface area (TPSA) is 74.6 Å². The van der Waals surface area contributed by atoms with E-state index in [9.17, 15) is 19.8 Å². The van der Waals surface area contributed by atoms with E-state index < -0.39 is 23.3 Å². The molecule has 4 nitrogen and oxygen atoms in total. The summed E-state index contributed by atoms with van der Waals surface area (Å²) in [5.74, 6) is -2.99. The van der Waals surface area contributed by atoms with Crippen molar-refractivity contribution >= 4 is 11.9 Å². The quantitative estimate of drug-likeness (QED) is 0.544. The van der Waals surface area contributed by atoms with Crippen molar-refractivity contribution in [1.29, 1.82) is 0 Å². The third-order valence-corrected chi connectivity index (χ3v) is 5.10. The fourth-order valence-electron chi connectivity index (χ4n) is 3.71. The Hall–Kier alpha value is -1.58. The van der Waals surface area contributed by atoms with Gasteiger partial charge in [-0.05, 0) is 43.3 Å². The molecule has 1 aliphatic carbocycles. The Labute approximate surface area is 145 Å². The maximum absolute atomic E-state index is 12.4. The van der Waals surface area contributed by atoms with E-state index in [2.05, 4.69) is 13.8 Å². The number of carboxylic acids is 2. The highest BCUT2D eigenvalue weighted by atomic mass is 16.4. The van der Waals surface area contributed by atoms with E-state index in [1.807, 2.05) is 13.0 Å². The maximum atomic E-state index is 12.4. The molecule has 0 aromatic carbocycles. The summed E-state index contributed by atoms with van der Waals surface area (Å²) in [5, 5.41) is 19.8. The third-order valence-electron chi connectivity index (χ3n) is 5.10. The summed E-state index contributed by atoms with van der Waals surface area (Å²) >= 11 is 0. The number of aliphatic carboxylic acids is 2. The van der Waals surface area contributed by atoms with Gasteiger partial charge in [0, 0.05) is 0 Å². The molecular formula is C20H32O4. The molecule has 0 spiro atoms. The molecule has 2 N–H and O–H groups in total. The minimum absolute atomic E-state index is 0.398. The SMILES string of the molecule is CCCCC1=C(CCCC)C(CCCC)(C(=O)O)C(C(=O)O)C=C1. The lowest BCUT2D eigenvalue weighted by Gasteiger charge is -2.40. The molecule has 0 fully saturated rings. The summed E-state index contributed by atoms with van der Waals surface area (Å²) in [5.41, 5.74) is 0.643. The first-order valence-corrected chi connectivity index (χ1v) is 9.32. The molecule has 136 valence electrons. The largest absolute Gasteiger partial charge is 0.481 e. The zero-order valence-corrected chi connectivity index (χ0v) is 15.3. The predicted molar refractivity (Wildman–Crippen MR) is 95.9 cm³/mol. The van der Waals surface area contributed by atoms with Gasteiger partial charge in [0.15, 0.2) is 0 Å². The second-order valence-electron chi connectivity index (χ2n) is 6.77. The van der Waals surface area contributed by atoms with Crippen LogP contribution in [-0.2, 0) is 9.59 Å². The standard InChI is InChI=1S/C20H32O4/c1-4-7-10-15-12-13-17(18(21)22)20(19(23)24,14-9-6-3)16(15)11-8-5-2/h12-13,17H,4-11,14H2,1-3H3,(H,21,22)(H,23,24). The molecular weight excluding hydrogens is 304 g/mol. The number of allylic oxidation sites excluding steroid dienone is 2. The first-order chi connectivity index (χ1) is 11.4. The van der Waals surface area contributed by atoms with Crippen LogP contribution in [0.5, 0.6) is 0 Å². The van der Waals surface area contributed by atoms with Crippen LogP contribution < -0.4 is 0 Å². The number of hydrogen-bond donors (Lipinski definition) is 2. The summed E-state index contributed by atoms with van der Waals surface area (Å²) in [6, 6.07) is 0. The lowest BCUT2D eigenvalue weighted by Crippen LogP contribution is -2.45. The first-order valence-electron chi connectivity index (χ1n) is 9.32. The van der Waals surface area contributed by atoms with Crippen molar-refractivity contribution in [2.75, 3.05) is 0 Å². The van der Waals surface area contributed by atoms with Gasteiger partial charge >= 0.3 is 11.9 Å². The smallest absolute Gasteiger partial charge is 0.315 e. The van der Waals surface area contributed by atoms with E-state index in [4.69, 9.17) is 0 Å². The van der Waals surface area contributed by atoms with Crippen molar-refractivity contribution < 1.29 is 19.8 Å². The molecule has 2 unspecified atom stereocenters. The van der Waals surface area contributed by atoms with Gasteiger partial charge in [-0.3, -0.25) is 9.59 Å². The second-order valence-corrected chi connectivity index (χ2v) is 6.77. The van der Waals surface area contributed by atoms with Gasteiger partial charge in [-0.2, -0.15) is 0 Å². The molecule has 0 saturated carbocycles. The Balaban J connectivity index is 3.46. The number of rotatable bonds is 11. The summed E-state index contributed by atoms with van der Waals surface area (Å²) in [6.07, 6.45) is 10.9. The summed E-state index contributed by atoms with van der Waals surface area (Å²) in [7, 11) is 0. The Morgan fingerprint density at radius 3 is 2.08 bits per heavy atom. The highest BCUT2D eigenvalue weighted by molar-refractivity contribution is 5.89. The highest BCUT2D eigenvalue weighted by Gasteiger charge is 2.52. The van der Waals surface area contributed by atoms with Crippen LogP contribution in [0.25, 0.3) is 0 Å². The molecule has 0 aliphatic heterocycles. The summed E-state index contributed by atoms with van der Waals surface area (Å²) < 4.78 is 0. The van der Waals surface area contributed by atoms with Gasteiger partial charge < -0.3 is 10.2 Å². The minimum Gasteiger partial charge on any atom is -0.481 e. The fraction of sp³-hybridized carbons (Fsp3) is 0.700. The average molecular weight is 336 g/mol. The Morgan fingerprint density at radius 1 is 1.00 bits per heavy atom. The zero-order chi connectivity index (χ0) is 18.2. The highest BCUT2D eigenvalue weighted by Crippen LogP contribution is 2.49. The van der Waals surface area contributed by atoms with Crippen molar-refractivity contribution in [3.05, 3.63) is 23.3 Å². The predicted octanol–water partition coefficient (Wildman–Crippen LogP) is 5.20. The number of unbranched alkanes of at least 4 members (excludes halogenated alkanes) is 3. The molecule has 2 atom stereocenters. The lowest BCUT2D eigenvalue weighted by atomic mass is 9.61. The first kappa shape index (κ1) is 20.5. The van der Waals surface area contributed by atoms with Gasteiger partial charge in [0.05, 0.1) is 5.92 Å². The van der Waals surface area contributed by atoms with Crippen molar-refractivity contribution in [1.82, 2.24) is 0 Å². The zero-order valence-electron chi connectivity index (χ0n) is 15.3. The number of carbonyl (C=O) groups is 2.